The van der Waals surface area contributed by atoms with Crippen LogP contribution < -0.4 is 13.8 Å². The quantitative estimate of drug-likeness (QED) is 0.167. The van der Waals surface area contributed by atoms with Gasteiger partial charge in [0.2, 0.25) is 0 Å². The molecule has 1 aliphatic rings. The van der Waals surface area contributed by atoms with Crippen LogP contribution in [0.3, 0.4) is 0 Å². The highest BCUT2D eigenvalue weighted by Gasteiger charge is 2.32. The third-order valence-corrected chi connectivity index (χ3v) is 11.2. The second-order valence-corrected chi connectivity index (χ2v) is 16.7. The highest BCUT2D eigenvalue weighted by atomic mass is 32.2. The molecule has 0 fully saturated rings. The molecule has 0 spiro atoms. The zero-order chi connectivity index (χ0) is 29.6. The Balaban J connectivity index is 1.47. The van der Waals surface area contributed by atoms with Gasteiger partial charge in [-0.3, -0.25) is 8.68 Å². The van der Waals surface area contributed by atoms with Crippen molar-refractivity contribution in [2.24, 2.45) is 0 Å². The molecule has 1 unspecified atom stereocenters. The van der Waals surface area contributed by atoms with E-state index in [-0.39, 0.29) is 10.8 Å². The van der Waals surface area contributed by atoms with Crippen LogP contribution in [0.25, 0.3) is 0 Å². The number of ether oxygens (including phenoxy) is 1. The largest absolute Gasteiger partial charge is 0.449 e. The van der Waals surface area contributed by atoms with Gasteiger partial charge in [-0.15, -0.1) is 0 Å². The third-order valence-electron chi connectivity index (χ3n) is 7.09. The number of nitrogens with zero attached hydrogens (tertiary/aromatic N) is 3. The van der Waals surface area contributed by atoms with Crippen LogP contribution in [0.1, 0.15) is 52.7 Å². The van der Waals surface area contributed by atoms with Crippen LogP contribution in [0.15, 0.2) is 108 Å². The fourth-order valence-electron chi connectivity index (χ4n) is 4.61. The van der Waals surface area contributed by atoms with Crippen molar-refractivity contribution in [3.63, 3.8) is 0 Å². The van der Waals surface area contributed by atoms with E-state index < -0.39 is 16.7 Å². The molecule has 3 aromatic heterocycles. The maximum absolute atomic E-state index is 6.92. The van der Waals surface area contributed by atoms with Gasteiger partial charge in [0, 0.05) is 43.8 Å². The molecule has 0 saturated carbocycles. The fourth-order valence-corrected chi connectivity index (χ4v) is 8.24. The molecule has 6 nitrogen and oxygen atoms in total. The Morgan fingerprint density at radius 1 is 0.595 bits per heavy atom. The molecular weight excluding hydrogens is 580 g/mol. The summed E-state index contributed by atoms with van der Waals surface area (Å²) in [6.45, 7) is 15.5. The molecule has 4 heterocycles. The summed E-state index contributed by atoms with van der Waals surface area (Å²) in [6, 6.07) is 20.9. The lowest BCUT2D eigenvalue weighted by Gasteiger charge is -2.30. The number of rotatable bonds is 7. The molecule has 0 radical (unpaired) electrons. The summed E-state index contributed by atoms with van der Waals surface area (Å²) in [7, 11) is -2.18. The third kappa shape index (κ3) is 5.88. The summed E-state index contributed by atoms with van der Waals surface area (Å²) < 4.78 is 26.8. The fraction of sp³-hybridized carbons (Fsp3) is 0.273. The van der Waals surface area contributed by atoms with E-state index in [0.29, 0.717) is 0 Å². The maximum atomic E-state index is 6.92. The molecule has 42 heavy (non-hydrogen) atoms. The van der Waals surface area contributed by atoms with Gasteiger partial charge in [-0.2, -0.15) is 0 Å². The van der Waals surface area contributed by atoms with Gasteiger partial charge in [-0.05, 0) is 82.6 Å². The summed E-state index contributed by atoms with van der Waals surface area (Å²) in [4.78, 5) is 2.09. The number of hydrogen-bond acceptors (Lipinski definition) is 4. The van der Waals surface area contributed by atoms with Gasteiger partial charge in [0.1, 0.15) is 0 Å². The van der Waals surface area contributed by atoms with Crippen LogP contribution in [-0.2, 0) is 10.8 Å². The molecule has 218 valence electrons. The standard InChI is InChI=1S/C33H37N3O3P2S/c1-32(2,3)24-20-26(38-40(7)34-14-8-9-15-34)30-28(22-24)42-29-23-25(33(4,5)6)21-27(31(29)37-30)39-41(35-16-10-11-17-35)36-18-12-13-19-36/h8-23H,1-7H3. The van der Waals surface area contributed by atoms with Gasteiger partial charge < -0.3 is 18.1 Å². The Morgan fingerprint density at radius 2 is 1.00 bits per heavy atom. The Hall–Kier alpha value is -3.11. The first kappa shape index (κ1) is 29.0. The van der Waals surface area contributed by atoms with Crippen molar-refractivity contribution in [3.05, 3.63) is 109 Å². The van der Waals surface area contributed by atoms with Crippen molar-refractivity contribution in [2.75, 3.05) is 6.66 Å². The summed E-state index contributed by atoms with van der Waals surface area (Å²) in [6.07, 6.45) is 12.3. The van der Waals surface area contributed by atoms with Gasteiger partial charge in [-0.1, -0.05) is 53.3 Å². The molecule has 6 rings (SSSR count). The van der Waals surface area contributed by atoms with Crippen molar-refractivity contribution in [2.45, 2.75) is 62.2 Å². The lowest BCUT2D eigenvalue weighted by molar-refractivity contribution is 0.407. The van der Waals surface area contributed by atoms with E-state index in [2.05, 4.69) is 85.5 Å². The van der Waals surface area contributed by atoms with Crippen molar-refractivity contribution < 1.29 is 13.8 Å². The molecule has 0 bridgehead atoms. The summed E-state index contributed by atoms with van der Waals surface area (Å²) in [5.74, 6) is 2.93. The summed E-state index contributed by atoms with van der Waals surface area (Å²) >= 11 is 1.73. The molecule has 0 aliphatic carbocycles. The van der Waals surface area contributed by atoms with Crippen LogP contribution >= 0.6 is 28.5 Å². The summed E-state index contributed by atoms with van der Waals surface area (Å²) in [5.41, 5.74) is 2.27. The Bertz CT molecular complexity index is 1630. The van der Waals surface area contributed by atoms with Crippen molar-refractivity contribution >= 4 is 28.5 Å². The minimum atomic E-state index is -1.24. The minimum Gasteiger partial charge on any atom is -0.449 e. The van der Waals surface area contributed by atoms with E-state index in [1.54, 1.807) is 11.8 Å². The molecule has 1 atom stereocenters. The van der Waals surface area contributed by atoms with Crippen molar-refractivity contribution in [1.29, 1.82) is 0 Å². The van der Waals surface area contributed by atoms with E-state index in [1.165, 1.54) is 11.1 Å². The average Bonchev–Trinajstić information content (AvgIpc) is 3.73. The first-order valence-electron chi connectivity index (χ1n) is 14.0. The van der Waals surface area contributed by atoms with Crippen LogP contribution in [-0.4, -0.2) is 19.7 Å². The number of aromatic nitrogens is 3. The van der Waals surface area contributed by atoms with E-state index in [4.69, 9.17) is 13.8 Å². The SMILES string of the molecule is CP(Oc1cc(C(C)(C)C)cc2c1Oc1c(OP(n3cccc3)n3cccc3)cc(C(C)(C)C)cc1S2)n1cccc1. The van der Waals surface area contributed by atoms with Crippen molar-refractivity contribution in [1.82, 2.24) is 13.0 Å². The predicted octanol–water partition coefficient (Wildman–Crippen LogP) is 10.5. The molecule has 0 saturated heterocycles. The number of fused-ring (bicyclic) bond motifs is 2. The summed E-state index contributed by atoms with van der Waals surface area (Å²) in [5, 5.41) is 0. The first-order valence-corrected chi connectivity index (χ1v) is 17.6. The molecule has 0 amide bonds. The average molecular weight is 618 g/mol. The molecule has 2 aromatic carbocycles. The van der Waals surface area contributed by atoms with Crippen LogP contribution in [0.4, 0.5) is 0 Å². The normalized spacial score (nSPS) is 13.8. The van der Waals surface area contributed by atoms with Crippen LogP contribution in [0.2, 0.25) is 0 Å². The topological polar surface area (TPSA) is 42.5 Å². The van der Waals surface area contributed by atoms with Crippen LogP contribution in [0.5, 0.6) is 23.0 Å². The maximum Gasteiger partial charge on any atom is 0.317 e. The Morgan fingerprint density at radius 3 is 1.43 bits per heavy atom. The van der Waals surface area contributed by atoms with E-state index in [0.717, 1.165) is 32.8 Å². The van der Waals surface area contributed by atoms with Gasteiger partial charge in [-0.25, -0.2) is 0 Å². The molecule has 5 aromatic rings. The highest BCUT2D eigenvalue weighted by molar-refractivity contribution is 7.99. The lowest BCUT2D eigenvalue weighted by Crippen LogP contribution is -2.14. The smallest absolute Gasteiger partial charge is 0.317 e. The van der Waals surface area contributed by atoms with E-state index in [9.17, 15) is 0 Å². The van der Waals surface area contributed by atoms with Gasteiger partial charge >= 0.3 is 8.45 Å². The zero-order valence-corrected chi connectivity index (χ0v) is 27.7. The molecule has 0 N–H and O–H groups in total. The van der Waals surface area contributed by atoms with Gasteiger partial charge in [0.15, 0.2) is 31.3 Å². The second-order valence-electron chi connectivity index (χ2n) is 12.4. The zero-order valence-electron chi connectivity index (χ0n) is 25.1. The minimum absolute atomic E-state index is 0.0528. The lowest BCUT2D eigenvalue weighted by atomic mass is 9.86. The highest BCUT2D eigenvalue weighted by Crippen LogP contribution is 2.59. The molecule has 9 heteroatoms. The number of hydrogen-bond donors (Lipinski definition) is 0. The van der Waals surface area contributed by atoms with Gasteiger partial charge in [0.25, 0.3) is 0 Å². The number of benzene rings is 2. The van der Waals surface area contributed by atoms with Gasteiger partial charge in [0.05, 0.1) is 9.79 Å². The molecular formula is C33H37N3O3P2S. The Labute approximate surface area is 255 Å². The van der Waals surface area contributed by atoms with Crippen LogP contribution in [0, 0.1) is 0 Å². The monoisotopic (exact) mass is 617 g/mol. The van der Waals surface area contributed by atoms with E-state index >= 15 is 0 Å². The first-order chi connectivity index (χ1) is 20.0. The Kier molecular flexibility index (Phi) is 7.72. The molecule has 1 aliphatic heterocycles. The predicted molar refractivity (Wildman–Crippen MR) is 175 cm³/mol. The van der Waals surface area contributed by atoms with E-state index in [1.807, 2.05) is 73.6 Å². The van der Waals surface area contributed by atoms with Crippen molar-refractivity contribution in [3.8, 4) is 23.0 Å². The second kappa shape index (κ2) is 11.2.